The molecular weight excluding hydrogens is 475 g/mol. The zero-order valence-corrected chi connectivity index (χ0v) is 18.7. The number of amides is 1. The van der Waals surface area contributed by atoms with Crippen molar-refractivity contribution in [2.75, 3.05) is 26.3 Å². The summed E-state index contributed by atoms with van der Waals surface area (Å²) in [5, 5.41) is 0. The molecule has 9 heteroatoms. The van der Waals surface area contributed by atoms with Crippen molar-refractivity contribution in [3.63, 3.8) is 0 Å². The average molecular weight is 497 g/mol. The van der Waals surface area contributed by atoms with Crippen LogP contribution in [0.25, 0.3) is 0 Å². The SMILES string of the molecule is O=C(c1cc(S(=O)(=O)N2CCOCC2)ccc1F)N(Cc1cccc(Br)c1)C1CC1. The fraction of sp³-hybridized carbons (Fsp3) is 0.381. The third kappa shape index (κ3) is 4.59. The summed E-state index contributed by atoms with van der Waals surface area (Å²) >= 11 is 3.42. The van der Waals surface area contributed by atoms with Gasteiger partial charge in [0.25, 0.3) is 5.91 Å². The van der Waals surface area contributed by atoms with E-state index in [-0.39, 0.29) is 29.6 Å². The second kappa shape index (κ2) is 8.74. The number of hydrogen-bond acceptors (Lipinski definition) is 4. The molecule has 1 saturated carbocycles. The number of carbonyl (C=O) groups is 1. The van der Waals surface area contributed by atoms with E-state index in [2.05, 4.69) is 15.9 Å². The first-order chi connectivity index (χ1) is 14.4. The molecule has 1 amide bonds. The predicted molar refractivity (Wildman–Crippen MR) is 113 cm³/mol. The number of benzene rings is 2. The van der Waals surface area contributed by atoms with Crippen molar-refractivity contribution < 1.29 is 22.3 Å². The molecule has 2 aliphatic rings. The molecule has 0 N–H and O–H groups in total. The van der Waals surface area contributed by atoms with E-state index >= 15 is 0 Å². The van der Waals surface area contributed by atoms with Crippen LogP contribution in [0.4, 0.5) is 4.39 Å². The zero-order chi connectivity index (χ0) is 21.3. The Labute approximate surface area is 183 Å². The quantitative estimate of drug-likeness (QED) is 0.614. The van der Waals surface area contributed by atoms with Gasteiger partial charge in [0.2, 0.25) is 10.0 Å². The Morgan fingerprint density at radius 3 is 2.57 bits per heavy atom. The van der Waals surface area contributed by atoms with Crippen LogP contribution >= 0.6 is 15.9 Å². The minimum atomic E-state index is -3.82. The molecule has 0 atom stereocenters. The Kier molecular flexibility index (Phi) is 6.24. The third-order valence-corrected chi connectivity index (χ3v) is 7.65. The van der Waals surface area contributed by atoms with E-state index in [1.54, 1.807) is 4.90 Å². The van der Waals surface area contributed by atoms with Crippen LogP contribution in [0.2, 0.25) is 0 Å². The molecular formula is C21H22BrFN2O4S. The van der Waals surface area contributed by atoms with Gasteiger partial charge in [0.15, 0.2) is 0 Å². The first kappa shape index (κ1) is 21.4. The van der Waals surface area contributed by atoms with E-state index in [1.165, 1.54) is 16.4 Å². The van der Waals surface area contributed by atoms with E-state index < -0.39 is 21.7 Å². The van der Waals surface area contributed by atoms with Crippen LogP contribution in [0.5, 0.6) is 0 Å². The molecule has 1 aliphatic carbocycles. The molecule has 0 spiro atoms. The maximum absolute atomic E-state index is 14.6. The number of ether oxygens (including phenoxy) is 1. The number of carbonyl (C=O) groups excluding carboxylic acids is 1. The number of morpholine rings is 1. The van der Waals surface area contributed by atoms with Crippen LogP contribution in [0.15, 0.2) is 51.8 Å². The van der Waals surface area contributed by atoms with Crippen molar-refractivity contribution in [1.29, 1.82) is 0 Å². The Hall–Kier alpha value is -1.81. The van der Waals surface area contributed by atoms with Gasteiger partial charge in [-0.3, -0.25) is 4.79 Å². The highest BCUT2D eigenvalue weighted by Gasteiger charge is 2.35. The van der Waals surface area contributed by atoms with Gasteiger partial charge >= 0.3 is 0 Å². The van der Waals surface area contributed by atoms with Crippen molar-refractivity contribution in [1.82, 2.24) is 9.21 Å². The van der Waals surface area contributed by atoms with Gasteiger partial charge in [0.1, 0.15) is 5.82 Å². The number of nitrogens with zero attached hydrogens (tertiary/aromatic N) is 2. The van der Waals surface area contributed by atoms with Gasteiger partial charge < -0.3 is 9.64 Å². The topological polar surface area (TPSA) is 66.9 Å². The highest BCUT2D eigenvalue weighted by atomic mass is 79.9. The zero-order valence-electron chi connectivity index (χ0n) is 16.3. The maximum Gasteiger partial charge on any atom is 0.257 e. The summed E-state index contributed by atoms with van der Waals surface area (Å²) in [6.07, 6.45) is 1.71. The Balaban J connectivity index is 1.63. The Morgan fingerprint density at radius 2 is 1.90 bits per heavy atom. The summed E-state index contributed by atoms with van der Waals surface area (Å²) in [6.45, 7) is 1.44. The first-order valence-corrected chi connectivity index (χ1v) is 12.0. The molecule has 2 aromatic carbocycles. The number of halogens is 2. The lowest BCUT2D eigenvalue weighted by atomic mass is 10.1. The highest BCUT2D eigenvalue weighted by Crippen LogP contribution is 2.31. The molecule has 2 fully saturated rings. The van der Waals surface area contributed by atoms with Crippen LogP contribution in [0, 0.1) is 5.82 Å². The van der Waals surface area contributed by atoms with Gasteiger partial charge in [-0.2, -0.15) is 4.31 Å². The molecule has 1 saturated heterocycles. The summed E-state index contributed by atoms with van der Waals surface area (Å²) in [7, 11) is -3.82. The molecule has 1 heterocycles. The van der Waals surface area contributed by atoms with E-state index in [4.69, 9.17) is 4.74 Å². The van der Waals surface area contributed by atoms with Gasteiger partial charge in [-0.1, -0.05) is 28.1 Å². The van der Waals surface area contributed by atoms with E-state index in [0.717, 1.165) is 28.9 Å². The lowest BCUT2D eigenvalue weighted by molar-refractivity contribution is 0.0722. The van der Waals surface area contributed by atoms with Crippen LogP contribution in [0.3, 0.4) is 0 Å². The fourth-order valence-electron chi connectivity index (χ4n) is 3.50. The van der Waals surface area contributed by atoms with Gasteiger partial charge in [-0.05, 0) is 48.7 Å². The first-order valence-electron chi connectivity index (χ1n) is 9.79. The summed E-state index contributed by atoms with van der Waals surface area (Å²) < 4.78 is 47.9. The normalized spacial score (nSPS) is 17.7. The molecule has 4 rings (SSSR count). The summed E-state index contributed by atoms with van der Waals surface area (Å²) in [5.41, 5.74) is 0.702. The summed E-state index contributed by atoms with van der Waals surface area (Å²) in [6, 6.07) is 11.1. The van der Waals surface area contributed by atoms with E-state index in [0.29, 0.717) is 19.8 Å². The minimum Gasteiger partial charge on any atom is -0.379 e. The second-order valence-electron chi connectivity index (χ2n) is 7.45. The molecule has 6 nitrogen and oxygen atoms in total. The molecule has 0 bridgehead atoms. The Bertz CT molecular complexity index is 1050. The van der Waals surface area contributed by atoms with Gasteiger partial charge in [0.05, 0.1) is 23.7 Å². The lowest BCUT2D eigenvalue weighted by Gasteiger charge is -2.27. The lowest BCUT2D eigenvalue weighted by Crippen LogP contribution is -2.40. The van der Waals surface area contributed by atoms with Crippen molar-refractivity contribution in [3.05, 3.63) is 63.9 Å². The molecule has 160 valence electrons. The van der Waals surface area contributed by atoms with Gasteiger partial charge in [0, 0.05) is 30.1 Å². The second-order valence-corrected chi connectivity index (χ2v) is 10.3. The maximum atomic E-state index is 14.6. The third-order valence-electron chi connectivity index (χ3n) is 5.27. The smallest absolute Gasteiger partial charge is 0.257 e. The fourth-order valence-corrected chi connectivity index (χ4v) is 5.39. The minimum absolute atomic E-state index is 0.0374. The number of rotatable bonds is 6. The van der Waals surface area contributed by atoms with Crippen LogP contribution < -0.4 is 0 Å². The molecule has 1 aliphatic heterocycles. The number of sulfonamides is 1. The largest absolute Gasteiger partial charge is 0.379 e. The van der Waals surface area contributed by atoms with Crippen LogP contribution in [0.1, 0.15) is 28.8 Å². The van der Waals surface area contributed by atoms with E-state index in [9.17, 15) is 17.6 Å². The average Bonchev–Trinajstić information content (AvgIpc) is 3.58. The molecule has 0 aromatic heterocycles. The number of hydrogen-bond donors (Lipinski definition) is 0. The summed E-state index contributed by atoms with van der Waals surface area (Å²) in [4.78, 5) is 14.8. The predicted octanol–water partition coefficient (Wildman–Crippen LogP) is 3.41. The van der Waals surface area contributed by atoms with Crippen LogP contribution in [-0.2, 0) is 21.3 Å². The van der Waals surface area contributed by atoms with Crippen molar-refractivity contribution in [2.24, 2.45) is 0 Å². The highest BCUT2D eigenvalue weighted by molar-refractivity contribution is 9.10. The standard InChI is InChI=1S/C21H22BrFN2O4S/c22-16-3-1-2-15(12-16)14-25(17-4-5-17)21(26)19-13-18(6-7-20(19)23)30(27,28)24-8-10-29-11-9-24/h1-3,6-7,12-13,17H,4-5,8-11,14H2. The monoisotopic (exact) mass is 496 g/mol. The van der Waals surface area contributed by atoms with E-state index in [1.807, 2.05) is 24.3 Å². The molecule has 0 unspecified atom stereocenters. The summed E-state index contributed by atoms with van der Waals surface area (Å²) in [5.74, 6) is -1.21. The molecule has 2 aromatic rings. The molecule has 0 radical (unpaired) electrons. The Morgan fingerprint density at radius 1 is 1.17 bits per heavy atom. The van der Waals surface area contributed by atoms with Gasteiger partial charge in [-0.25, -0.2) is 12.8 Å². The van der Waals surface area contributed by atoms with Crippen molar-refractivity contribution in [3.8, 4) is 0 Å². The van der Waals surface area contributed by atoms with Crippen molar-refractivity contribution >= 4 is 31.9 Å². The molecule has 30 heavy (non-hydrogen) atoms. The van der Waals surface area contributed by atoms with Gasteiger partial charge in [-0.15, -0.1) is 0 Å². The van der Waals surface area contributed by atoms with Crippen molar-refractivity contribution in [2.45, 2.75) is 30.3 Å². The van der Waals surface area contributed by atoms with Crippen LogP contribution in [-0.4, -0.2) is 55.9 Å².